The topological polar surface area (TPSA) is 49.4 Å². The molecule has 4 heteroatoms. The minimum atomic E-state index is -0.164. The monoisotopic (exact) mass is 348 g/mol. The van der Waals surface area contributed by atoms with Gasteiger partial charge in [0.2, 0.25) is 11.8 Å². The van der Waals surface area contributed by atoms with E-state index in [2.05, 4.69) is 12.2 Å². The van der Waals surface area contributed by atoms with Crippen LogP contribution in [0.4, 0.5) is 11.4 Å². The van der Waals surface area contributed by atoms with Crippen molar-refractivity contribution < 1.29 is 9.59 Å². The van der Waals surface area contributed by atoms with Gasteiger partial charge in [0.25, 0.3) is 0 Å². The van der Waals surface area contributed by atoms with Crippen molar-refractivity contribution in [1.29, 1.82) is 0 Å². The van der Waals surface area contributed by atoms with E-state index < -0.39 is 0 Å². The van der Waals surface area contributed by atoms with Crippen LogP contribution in [0.1, 0.15) is 36.5 Å². The molecular formula is C22H24N2O2. The summed E-state index contributed by atoms with van der Waals surface area (Å²) in [5.41, 5.74) is 5.02. The molecule has 0 radical (unpaired) electrons. The minimum Gasteiger partial charge on any atom is -0.323 e. The van der Waals surface area contributed by atoms with E-state index in [1.807, 2.05) is 54.3 Å². The number of rotatable bonds is 5. The van der Waals surface area contributed by atoms with Crippen LogP contribution >= 0.6 is 0 Å². The lowest BCUT2D eigenvalue weighted by atomic mass is 10.00. The van der Waals surface area contributed by atoms with Gasteiger partial charge in [-0.1, -0.05) is 36.8 Å². The van der Waals surface area contributed by atoms with Crippen LogP contribution < -0.4 is 10.2 Å². The number of carbonyl (C=O) groups is 2. The molecule has 2 aromatic rings. The van der Waals surface area contributed by atoms with Gasteiger partial charge in [-0.25, -0.2) is 0 Å². The summed E-state index contributed by atoms with van der Waals surface area (Å²) in [7, 11) is 0. The summed E-state index contributed by atoms with van der Waals surface area (Å²) in [5, 5.41) is 2.90. The van der Waals surface area contributed by atoms with Crippen molar-refractivity contribution in [3.63, 3.8) is 0 Å². The van der Waals surface area contributed by atoms with Gasteiger partial charge in [-0.2, -0.15) is 0 Å². The standard InChI is InChI=1S/C22H24N2O2/c1-3-14-24-20-11-10-19(15-18(20)9-13-22(24)26)23-21(25)12-8-17-6-4-16(2)5-7-17/h4-8,10-12,15H,3,9,13-14H2,1-2H3,(H,23,25). The van der Waals surface area contributed by atoms with Crippen LogP contribution in [0.3, 0.4) is 0 Å². The summed E-state index contributed by atoms with van der Waals surface area (Å²) < 4.78 is 0. The SMILES string of the molecule is CCCN1C(=O)CCc2cc(NC(=O)C=Cc3ccc(C)cc3)ccc21. The third-order valence-corrected chi connectivity index (χ3v) is 4.50. The summed E-state index contributed by atoms with van der Waals surface area (Å²) in [6, 6.07) is 13.8. The maximum Gasteiger partial charge on any atom is 0.248 e. The number of aryl methyl sites for hydroxylation is 2. The highest BCUT2D eigenvalue weighted by molar-refractivity contribution is 6.02. The molecule has 1 N–H and O–H groups in total. The first kappa shape index (κ1) is 17.9. The fourth-order valence-electron chi connectivity index (χ4n) is 3.14. The molecule has 3 rings (SSSR count). The number of anilines is 2. The number of amides is 2. The highest BCUT2D eigenvalue weighted by Gasteiger charge is 2.23. The molecular weight excluding hydrogens is 324 g/mol. The van der Waals surface area contributed by atoms with Crippen molar-refractivity contribution in [3.8, 4) is 0 Å². The molecule has 0 bridgehead atoms. The molecule has 0 aromatic heterocycles. The Hall–Kier alpha value is -2.88. The van der Waals surface area contributed by atoms with Gasteiger partial charge >= 0.3 is 0 Å². The van der Waals surface area contributed by atoms with Gasteiger partial charge in [0.15, 0.2) is 0 Å². The quantitative estimate of drug-likeness (QED) is 0.817. The van der Waals surface area contributed by atoms with Gasteiger partial charge in [-0.15, -0.1) is 0 Å². The van der Waals surface area contributed by atoms with E-state index in [0.29, 0.717) is 6.42 Å². The molecule has 4 nitrogen and oxygen atoms in total. The predicted octanol–water partition coefficient (Wildman–Crippen LogP) is 4.34. The van der Waals surface area contributed by atoms with Gasteiger partial charge in [0.1, 0.15) is 0 Å². The van der Waals surface area contributed by atoms with E-state index >= 15 is 0 Å². The van der Waals surface area contributed by atoms with Gasteiger partial charge in [-0.05, 0) is 55.2 Å². The normalized spacial score (nSPS) is 13.8. The maximum absolute atomic E-state index is 12.2. The molecule has 0 spiro atoms. The molecule has 26 heavy (non-hydrogen) atoms. The van der Waals surface area contributed by atoms with Crippen molar-refractivity contribution in [1.82, 2.24) is 0 Å². The predicted molar refractivity (Wildman–Crippen MR) is 106 cm³/mol. The van der Waals surface area contributed by atoms with Crippen LogP contribution in [0.2, 0.25) is 0 Å². The third kappa shape index (κ3) is 4.20. The van der Waals surface area contributed by atoms with E-state index in [4.69, 9.17) is 0 Å². The second-order valence-electron chi connectivity index (χ2n) is 6.62. The van der Waals surface area contributed by atoms with E-state index in [1.165, 1.54) is 11.6 Å². The number of benzene rings is 2. The second kappa shape index (κ2) is 8.00. The van der Waals surface area contributed by atoms with Crippen LogP contribution in [0.5, 0.6) is 0 Å². The van der Waals surface area contributed by atoms with Crippen molar-refractivity contribution in [2.24, 2.45) is 0 Å². The zero-order valence-corrected chi connectivity index (χ0v) is 15.3. The molecule has 0 atom stereocenters. The summed E-state index contributed by atoms with van der Waals surface area (Å²) in [5.74, 6) is 0.0139. The molecule has 0 aliphatic carbocycles. The zero-order chi connectivity index (χ0) is 18.5. The number of fused-ring (bicyclic) bond motifs is 1. The lowest BCUT2D eigenvalue weighted by molar-refractivity contribution is -0.119. The number of nitrogens with zero attached hydrogens (tertiary/aromatic N) is 1. The molecule has 0 saturated carbocycles. The Bertz CT molecular complexity index is 838. The Labute approximate surface area is 154 Å². The molecule has 134 valence electrons. The molecule has 1 aliphatic heterocycles. The summed E-state index contributed by atoms with van der Waals surface area (Å²) >= 11 is 0. The van der Waals surface area contributed by atoms with E-state index in [0.717, 1.165) is 41.9 Å². The van der Waals surface area contributed by atoms with Crippen LogP contribution in [-0.2, 0) is 16.0 Å². The first-order valence-electron chi connectivity index (χ1n) is 9.06. The van der Waals surface area contributed by atoms with Crippen molar-refractivity contribution >= 4 is 29.3 Å². The molecule has 0 saturated heterocycles. The fourth-order valence-corrected chi connectivity index (χ4v) is 3.14. The van der Waals surface area contributed by atoms with Crippen LogP contribution in [0, 0.1) is 6.92 Å². The van der Waals surface area contributed by atoms with E-state index in [9.17, 15) is 9.59 Å². The zero-order valence-electron chi connectivity index (χ0n) is 15.3. The number of nitrogens with one attached hydrogen (secondary N) is 1. The third-order valence-electron chi connectivity index (χ3n) is 4.50. The first-order valence-corrected chi connectivity index (χ1v) is 9.06. The Morgan fingerprint density at radius 2 is 1.92 bits per heavy atom. The first-order chi connectivity index (χ1) is 12.6. The molecule has 0 unspecified atom stereocenters. The summed E-state index contributed by atoms with van der Waals surface area (Å²) in [6.07, 6.45) is 5.51. The van der Waals surface area contributed by atoms with Crippen molar-refractivity contribution in [3.05, 3.63) is 65.2 Å². The Balaban J connectivity index is 1.69. The molecule has 2 aromatic carbocycles. The Morgan fingerprint density at radius 3 is 2.65 bits per heavy atom. The van der Waals surface area contributed by atoms with Crippen LogP contribution in [-0.4, -0.2) is 18.4 Å². The van der Waals surface area contributed by atoms with Crippen LogP contribution in [0.25, 0.3) is 6.08 Å². The van der Waals surface area contributed by atoms with Gasteiger partial charge in [0, 0.05) is 30.4 Å². The highest BCUT2D eigenvalue weighted by Crippen LogP contribution is 2.30. The van der Waals surface area contributed by atoms with Gasteiger partial charge < -0.3 is 10.2 Å². The number of hydrogen-bond donors (Lipinski definition) is 1. The van der Waals surface area contributed by atoms with Crippen LogP contribution in [0.15, 0.2) is 48.5 Å². The Kier molecular flexibility index (Phi) is 5.52. The molecule has 2 amide bonds. The maximum atomic E-state index is 12.2. The molecule has 1 aliphatic rings. The van der Waals surface area contributed by atoms with Gasteiger partial charge in [0.05, 0.1) is 0 Å². The minimum absolute atomic E-state index is 0.164. The average Bonchev–Trinajstić information content (AvgIpc) is 2.64. The molecule has 0 fully saturated rings. The fraction of sp³-hybridized carbons (Fsp3) is 0.273. The second-order valence-corrected chi connectivity index (χ2v) is 6.62. The van der Waals surface area contributed by atoms with E-state index in [1.54, 1.807) is 6.08 Å². The average molecular weight is 348 g/mol. The Morgan fingerprint density at radius 1 is 1.15 bits per heavy atom. The van der Waals surface area contributed by atoms with Gasteiger partial charge in [-0.3, -0.25) is 9.59 Å². The largest absolute Gasteiger partial charge is 0.323 e. The van der Waals surface area contributed by atoms with Crippen molar-refractivity contribution in [2.45, 2.75) is 33.1 Å². The lowest BCUT2D eigenvalue weighted by Gasteiger charge is -2.29. The smallest absolute Gasteiger partial charge is 0.248 e. The molecule has 1 heterocycles. The highest BCUT2D eigenvalue weighted by atomic mass is 16.2. The lowest BCUT2D eigenvalue weighted by Crippen LogP contribution is -2.35. The van der Waals surface area contributed by atoms with Crippen molar-refractivity contribution in [2.75, 3.05) is 16.8 Å². The van der Waals surface area contributed by atoms with E-state index in [-0.39, 0.29) is 11.8 Å². The summed E-state index contributed by atoms with van der Waals surface area (Å²) in [4.78, 5) is 26.1. The summed E-state index contributed by atoms with van der Waals surface area (Å²) in [6.45, 7) is 4.83. The number of carbonyl (C=O) groups excluding carboxylic acids is 2. The number of hydrogen-bond acceptors (Lipinski definition) is 2.